The zero-order valence-corrected chi connectivity index (χ0v) is 12.7. The van der Waals surface area contributed by atoms with E-state index in [4.69, 9.17) is 4.74 Å². The molecular weight excluding hydrogens is 284 g/mol. The van der Waals surface area contributed by atoms with E-state index in [1.165, 1.54) is 6.92 Å². The zero-order chi connectivity index (χ0) is 16.1. The summed E-state index contributed by atoms with van der Waals surface area (Å²) in [7, 11) is 0. The van der Waals surface area contributed by atoms with Gasteiger partial charge in [0.2, 0.25) is 0 Å². The van der Waals surface area contributed by atoms with Gasteiger partial charge >= 0.3 is 12.0 Å². The van der Waals surface area contributed by atoms with E-state index in [9.17, 15) is 14.4 Å². The van der Waals surface area contributed by atoms with E-state index in [1.54, 1.807) is 0 Å². The van der Waals surface area contributed by atoms with Gasteiger partial charge in [-0.05, 0) is 18.4 Å². The number of rotatable bonds is 5. The molecule has 1 heterocycles. The van der Waals surface area contributed by atoms with E-state index >= 15 is 0 Å². The third-order valence-corrected chi connectivity index (χ3v) is 3.62. The first kappa shape index (κ1) is 16.0. The van der Waals surface area contributed by atoms with E-state index in [0.29, 0.717) is 13.1 Å². The molecular formula is C16H20N2O4. The highest BCUT2D eigenvalue weighted by Gasteiger charge is 2.31. The number of ether oxygens (including phenoxy) is 1. The first-order valence-corrected chi connectivity index (χ1v) is 7.32. The van der Waals surface area contributed by atoms with Crippen molar-refractivity contribution < 1.29 is 19.1 Å². The molecule has 1 aliphatic rings. The Morgan fingerprint density at radius 3 is 2.55 bits per heavy atom. The van der Waals surface area contributed by atoms with Crippen molar-refractivity contribution >= 4 is 17.9 Å². The second kappa shape index (κ2) is 7.06. The van der Waals surface area contributed by atoms with Gasteiger partial charge in [0.1, 0.15) is 0 Å². The molecule has 1 aliphatic heterocycles. The lowest BCUT2D eigenvalue weighted by Gasteiger charge is -2.19. The summed E-state index contributed by atoms with van der Waals surface area (Å²) in [5.41, 5.74) is 1.04. The summed E-state index contributed by atoms with van der Waals surface area (Å²) >= 11 is 0. The average molecular weight is 304 g/mol. The Balaban J connectivity index is 1.86. The number of nitrogens with one attached hydrogen (secondary N) is 1. The SMILES string of the molecule is C[C@H](CC(=O)O[C@H](C)C(=O)N1CCNC1=O)c1ccccc1. The molecule has 0 radical (unpaired) electrons. The molecule has 0 spiro atoms. The van der Waals surface area contributed by atoms with Gasteiger partial charge in [-0.25, -0.2) is 4.79 Å². The van der Waals surface area contributed by atoms with E-state index in [0.717, 1.165) is 10.5 Å². The Hall–Kier alpha value is -2.37. The first-order chi connectivity index (χ1) is 10.5. The topological polar surface area (TPSA) is 75.7 Å². The molecule has 3 amide bonds. The van der Waals surface area contributed by atoms with Gasteiger partial charge in [0.25, 0.3) is 5.91 Å². The lowest BCUT2D eigenvalue weighted by Crippen LogP contribution is -2.41. The Labute approximate surface area is 129 Å². The highest BCUT2D eigenvalue weighted by Crippen LogP contribution is 2.19. The maximum absolute atomic E-state index is 12.0. The van der Waals surface area contributed by atoms with Crippen LogP contribution in [0.5, 0.6) is 0 Å². The quantitative estimate of drug-likeness (QED) is 0.840. The molecule has 0 unspecified atom stereocenters. The lowest BCUT2D eigenvalue weighted by molar-refractivity contribution is -0.157. The highest BCUT2D eigenvalue weighted by atomic mass is 16.5. The molecule has 1 fully saturated rings. The van der Waals surface area contributed by atoms with Crippen LogP contribution in [0.4, 0.5) is 4.79 Å². The van der Waals surface area contributed by atoms with Crippen LogP contribution >= 0.6 is 0 Å². The number of hydrogen-bond acceptors (Lipinski definition) is 4. The molecule has 1 aromatic rings. The van der Waals surface area contributed by atoms with Crippen molar-refractivity contribution in [3.05, 3.63) is 35.9 Å². The summed E-state index contributed by atoms with van der Waals surface area (Å²) < 4.78 is 5.15. The molecule has 6 heteroatoms. The molecule has 1 aromatic carbocycles. The predicted molar refractivity (Wildman–Crippen MR) is 80.1 cm³/mol. The third-order valence-electron chi connectivity index (χ3n) is 3.62. The monoisotopic (exact) mass is 304 g/mol. The van der Waals surface area contributed by atoms with Crippen molar-refractivity contribution in [3.63, 3.8) is 0 Å². The van der Waals surface area contributed by atoms with Gasteiger partial charge in [-0.2, -0.15) is 0 Å². The summed E-state index contributed by atoms with van der Waals surface area (Å²) in [5.74, 6) is -0.932. The first-order valence-electron chi connectivity index (χ1n) is 7.32. The van der Waals surface area contributed by atoms with Crippen LogP contribution < -0.4 is 5.32 Å². The Morgan fingerprint density at radius 2 is 1.95 bits per heavy atom. The standard InChI is InChI=1S/C16H20N2O4/c1-11(13-6-4-3-5-7-13)10-14(19)22-12(2)15(20)18-9-8-17-16(18)21/h3-7,11-12H,8-10H2,1-2H3,(H,17,21)/t11-,12-/m1/s1. The number of amides is 3. The van der Waals surface area contributed by atoms with Crippen molar-refractivity contribution in [2.75, 3.05) is 13.1 Å². The van der Waals surface area contributed by atoms with Crippen LogP contribution in [-0.2, 0) is 14.3 Å². The third kappa shape index (κ3) is 3.84. The van der Waals surface area contributed by atoms with Crippen LogP contribution in [0, 0.1) is 0 Å². The Bertz CT molecular complexity index is 559. The molecule has 22 heavy (non-hydrogen) atoms. The molecule has 2 atom stereocenters. The van der Waals surface area contributed by atoms with E-state index in [-0.39, 0.29) is 12.3 Å². The van der Waals surface area contributed by atoms with Crippen molar-refractivity contribution in [1.82, 2.24) is 10.2 Å². The van der Waals surface area contributed by atoms with Gasteiger partial charge in [-0.15, -0.1) is 0 Å². The van der Waals surface area contributed by atoms with Crippen molar-refractivity contribution in [1.29, 1.82) is 0 Å². The van der Waals surface area contributed by atoms with Gasteiger partial charge in [0.15, 0.2) is 6.10 Å². The van der Waals surface area contributed by atoms with Crippen molar-refractivity contribution in [3.8, 4) is 0 Å². The minimum absolute atomic E-state index is 0.00564. The van der Waals surface area contributed by atoms with Gasteiger partial charge in [-0.3, -0.25) is 14.5 Å². The van der Waals surface area contributed by atoms with Gasteiger partial charge < -0.3 is 10.1 Å². The summed E-state index contributed by atoms with van der Waals surface area (Å²) in [4.78, 5) is 36.5. The van der Waals surface area contributed by atoms with Crippen LogP contribution in [0.2, 0.25) is 0 Å². The molecule has 6 nitrogen and oxygen atoms in total. The average Bonchev–Trinajstić information content (AvgIpc) is 2.93. The molecule has 118 valence electrons. The largest absolute Gasteiger partial charge is 0.453 e. The number of nitrogens with zero attached hydrogens (tertiary/aromatic N) is 1. The van der Waals surface area contributed by atoms with Gasteiger partial charge in [0.05, 0.1) is 6.42 Å². The number of esters is 1. The second-order valence-electron chi connectivity index (χ2n) is 5.37. The fraction of sp³-hybridized carbons (Fsp3) is 0.438. The second-order valence-corrected chi connectivity index (χ2v) is 5.37. The summed E-state index contributed by atoms with van der Waals surface area (Å²) in [5, 5.41) is 2.54. The molecule has 1 N–H and O–H groups in total. The number of imide groups is 1. The Morgan fingerprint density at radius 1 is 1.27 bits per heavy atom. The summed E-state index contributed by atoms with van der Waals surface area (Å²) in [6.45, 7) is 4.15. The van der Waals surface area contributed by atoms with Crippen LogP contribution in [-0.4, -0.2) is 42.0 Å². The highest BCUT2D eigenvalue weighted by molar-refractivity contribution is 5.98. The summed E-state index contributed by atoms with van der Waals surface area (Å²) in [6, 6.07) is 9.19. The van der Waals surface area contributed by atoms with Crippen LogP contribution in [0.3, 0.4) is 0 Å². The molecule has 0 aliphatic carbocycles. The maximum Gasteiger partial charge on any atom is 0.324 e. The van der Waals surface area contributed by atoms with Crippen LogP contribution in [0.1, 0.15) is 31.7 Å². The van der Waals surface area contributed by atoms with Gasteiger partial charge in [0, 0.05) is 13.1 Å². The maximum atomic E-state index is 12.0. The van der Waals surface area contributed by atoms with Gasteiger partial charge in [-0.1, -0.05) is 37.3 Å². The van der Waals surface area contributed by atoms with E-state index < -0.39 is 24.0 Å². The number of urea groups is 1. The molecule has 0 bridgehead atoms. The van der Waals surface area contributed by atoms with E-state index in [1.807, 2.05) is 37.3 Å². The van der Waals surface area contributed by atoms with Crippen molar-refractivity contribution in [2.24, 2.45) is 0 Å². The van der Waals surface area contributed by atoms with Crippen LogP contribution in [0.25, 0.3) is 0 Å². The smallest absolute Gasteiger partial charge is 0.324 e. The number of hydrogen-bond donors (Lipinski definition) is 1. The lowest BCUT2D eigenvalue weighted by atomic mass is 9.98. The number of carbonyl (C=O) groups excluding carboxylic acids is 3. The minimum Gasteiger partial charge on any atom is -0.453 e. The normalized spacial score (nSPS) is 16.8. The number of benzene rings is 1. The zero-order valence-electron chi connectivity index (χ0n) is 12.7. The molecule has 1 saturated heterocycles. The predicted octanol–water partition coefficient (Wildman–Crippen LogP) is 1.66. The number of carbonyl (C=O) groups is 3. The minimum atomic E-state index is -0.959. The van der Waals surface area contributed by atoms with Crippen LogP contribution in [0.15, 0.2) is 30.3 Å². The Kier molecular flexibility index (Phi) is 5.14. The fourth-order valence-corrected chi connectivity index (χ4v) is 2.35. The van der Waals surface area contributed by atoms with Crippen molar-refractivity contribution in [2.45, 2.75) is 32.3 Å². The molecule has 0 aromatic heterocycles. The summed E-state index contributed by atoms with van der Waals surface area (Å²) in [6.07, 6.45) is -0.771. The van der Waals surface area contributed by atoms with E-state index in [2.05, 4.69) is 5.32 Å². The molecule has 2 rings (SSSR count). The molecule has 0 saturated carbocycles. The fourth-order valence-electron chi connectivity index (χ4n) is 2.35.